The zero-order valence-corrected chi connectivity index (χ0v) is 18.1. The number of hydrogen-bond donors (Lipinski definition) is 1. The van der Waals surface area contributed by atoms with Crippen LogP contribution in [0.3, 0.4) is 0 Å². The van der Waals surface area contributed by atoms with Crippen LogP contribution >= 0.6 is 11.8 Å². The summed E-state index contributed by atoms with van der Waals surface area (Å²) >= 11 is 1.31. The topological polar surface area (TPSA) is 77.1 Å². The highest BCUT2D eigenvalue weighted by Crippen LogP contribution is 2.34. The molecule has 1 fully saturated rings. The van der Waals surface area contributed by atoms with Crippen LogP contribution in [0.5, 0.6) is 0 Å². The molecule has 2 heterocycles. The van der Waals surface area contributed by atoms with Crippen LogP contribution in [-0.4, -0.2) is 21.2 Å². The van der Waals surface area contributed by atoms with E-state index in [2.05, 4.69) is 5.32 Å². The first-order chi connectivity index (χ1) is 15.1. The SMILES string of the molecule is Cc1ccccc1NC(=O)CSc1nc2c(oc3ccccc32)c(=O)n1C1CCCC1. The lowest BCUT2D eigenvalue weighted by molar-refractivity contribution is -0.113. The average Bonchev–Trinajstić information content (AvgIpc) is 3.42. The van der Waals surface area contributed by atoms with E-state index in [9.17, 15) is 9.59 Å². The normalized spacial score (nSPS) is 14.5. The van der Waals surface area contributed by atoms with E-state index in [0.29, 0.717) is 21.8 Å². The molecule has 158 valence electrons. The molecule has 4 aromatic rings. The van der Waals surface area contributed by atoms with E-state index in [1.54, 1.807) is 4.57 Å². The number of carbonyl (C=O) groups excluding carboxylic acids is 1. The predicted molar refractivity (Wildman–Crippen MR) is 124 cm³/mol. The van der Waals surface area contributed by atoms with Gasteiger partial charge in [0.15, 0.2) is 5.16 Å². The highest BCUT2D eigenvalue weighted by Gasteiger charge is 2.25. The van der Waals surface area contributed by atoms with Crippen molar-refractivity contribution in [2.75, 3.05) is 11.1 Å². The third-order valence-electron chi connectivity index (χ3n) is 5.84. The second kappa shape index (κ2) is 8.23. The molecule has 0 radical (unpaired) electrons. The molecule has 7 heteroatoms. The molecule has 0 saturated heterocycles. The summed E-state index contributed by atoms with van der Waals surface area (Å²) in [6.07, 6.45) is 4.06. The van der Waals surface area contributed by atoms with Gasteiger partial charge in [0.2, 0.25) is 11.5 Å². The number of aromatic nitrogens is 2. The number of rotatable bonds is 5. The lowest BCUT2D eigenvalue weighted by atomic mass is 10.2. The van der Waals surface area contributed by atoms with Crippen molar-refractivity contribution in [2.24, 2.45) is 0 Å². The molecule has 1 amide bonds. The number of nitrogens with zero attached hydrogens (tertiary/aromatic N) is 2. The van der Waals surface area contributed by atoms with Crippen molar-refractivity contribution in [3.63, 3.8) is 0 Å². The molecule has 0 unspecified atom stereocenters. The molecule has 1 N–H and O–H groups in total. The molecule has 0 spiro atoms. The Morgan fingerprint density at radius 3 is 2.71 bits per heavy atom. The minimum Gasteiger partial charge on any atom is -0.448 e. The van der Waals surface area contributed by atoms with Crippen LogP contribution in [0.2, 0.25) is 0 Å². The largest absolute Gasteiger partial charge is 0.448 e. The highest BCUT2D eigenvalue weighted by molar-refractivity contribution is 7.99. The van der Waals surface area contributed by atoms with Crippen molar-refractivity contribution in [1.29, 1.82) is 0 Å². The van der Waals surface area contributed by atoms with E-state index in [4.69, 9.17) is 9.40 Å². The van der Waals surface area contributed by atoms with Gasteiger partial charge in [0, 0.05) is 17.1 Å². The fourth-order valence-corrected chi connectivity index (χ4v) is 5.11. The number of aryl methyl sites for hydroxylation is 1. The van der Waals surface area contributed by atoms with E-state index in [1.807, 2.05) is 55.5 Å². The van der Waals surface area contributed by atoms with Gasteiger partial charge in [-0.25, -0.2) is 4.98 Å². The first-order valence-corrected chi connectivity index (χ1v) is 11.5. The van der Waals surface area contributed by atoms with Crippen molar-refractivity contribution in [1.82, 2.24) is 9.55 Å². The molecule has 0 atom stereocenters. The number of hydrogen-bond acceptors (Lipinski definition) is 5. The van der Waals surface area contributed by atoms with Crippen molar-refractivity contribution in [3.8, 4) is 0 Å². The van der Waals surface area contributed by atoms with Crippen LogP contribution in [0.1, 0.15) is 37.3 Å². The summed E-state index contributed by atoms with van der Waals surface area (Å²) in [6.45, 7) is 1.96. The van der Waals surface area contributed by atoms with Crippen LogP contribution in [0, 0.1) is 6.92 Å². The molecule has 6 nitrogen and oxygen atoms in total. The van der Waals surface area contributed by atoms with E-state index >= 15 is 0 Å². The maximum atomic E-state index is 13.4. The zero-order valence-electron chi connectivity index (χ0n) is 17.3. The van der Waals surface area contributed by atoms with Gasteiger partial charge in [0.05, 0.1) is 5.75 Å². The van der Waals surface area contributed by atoms with E-state index in [1.165, 1.54) is 11.8 Å². The first kappa shape index (κ1) is 19.9. The Hall–Kier alpha value is -3.06. The lowest BCUT2D eigenvalue weighted by Gasteiger charge is -2.17. The predicted octanol–water partition coefficient (Wildman–Crippen LogP) is 5.30. The molecule has 5 rings (SSSR count). The van der Waals surface area contributed by atoms with Gasteiger partial charge in [-0.05, 0) is 43.5 Å². The highest BCUT2D eigenvalue weighted by atomic mass is 32.2. The number of anilines is 1. The van der Waals surface area contributed by atoms with E-state index < -0.39 is 0 Å². The number of fused-ring (bicyclic) bond motifs is 3. The van der Waals surface area contributed by atoms with Crippen LogP contribution in [-0.2, 0) is 4.79 Å². The molecule has 1 aliphatic carbocycles. The van der Waals surface area contributed by atoms with Gasteiger partial charge in [-0.3, -0.25) is 14.2 Å². The number of carbonyl (C=O) groups is 1. The molecule has 2 aromatic carbocycles. The Bertz CT molecular complexity index is 1340. The maximum Gasteiger partial charge on any atom is 0.298 e. The first-order valence-electron chi connectivity index (χ1n) is 10.5. The van der Waals surface area contributed by atoms with Gasteiger partial charge < -0.3 is 9.73 Å². The molecule has 1 aliphatic rings. The number of nitrogens with one attached hydrogen (secondary N) is 1. The van der Waals surface area contributed by atoms with E-state index in [-0.39, 0.29) is 23.3 Å². The monoisotopic (exact) mass is 433 g/mol. The van der Waals surface area contributed by atoms with Crippen molar-refractivity contribution >= 4 is 45.4 Å². The lowest BCUT2D eigenvalue weighted by Crippen LogP contribution is -2.26. The van der Waals surface area contributed by atoms with Gasteiger partial charge >= 0.3 is 0 Å². The summed E-state index contributed by atoms with van der Waals surface area (Å²) in [4.78, 5) is 30.8. The second-order valence-electron chi connectivity index (χ2n) is 7.94. The Labute approximate surface area is 183 Å². The molecule has 2 aromatic heterocycles. The number of thioether (sulfide) groups is 1. The Morgan fingerprint density at radius 1 is 1.16 bits per heavy atom. The van der Waals surface area contributed by atoms with Crippen LogP contribution in [0.4, 0.5) is 5.69 Å². The van der Waals surface area contributed by atoms with E-state index in [0.717, 1.165) is 42.3 Å². The number of furan rings is 1. The average molecular weight is 434 g/mol. The Kier molecular flexibility index (Phi) is 5.28. The molecule has 31 heavy (non-hydrogen) atoms. The minimum absolute atomic E-state index is 0.0968. The number of benzene rings is 2. The molecule has 1 saturated carbocycles. The van der Waals surface area contributed by atoms with Gasteiger partial charge in [-0.2, -0.15) is 0 Å². The van der Waals surface area contributed by atoms with Crippen LogP contribution < -0.4 is 10.9 Å². The minimum atomic E-state index is -0.157. The van der Waals surface area contributed by atoms with Crippen molar-refractivity contribution < 1.29 is 9.21 Å². The molecule has 0 aliphatic heterocycles. The molecule has 0 bridgehead atoms. The summed E-state index contributed by atoms with van der Waals surface area (Å²) in [6, 6.07) is 15.3. The summed E-state index contributed by atoms with van der Waals surface area (Å²) in [5.74, 6) is 0.0538. The van der Waals surface area contributed by atoms with Gasteiger partial charge in [0.25, 0.3) is 5.56 Å². The van der Waals surface area contributed by atoms with Crippen molar-refractivity contribution in [3.05, 3.63) is 64.4 Å². The third-order valence-corrected chi connectivity index (χ3v) is 6.79. The van der Waals surface area contributed by atoms with Crippen molar-refractivity contribution in [2.45, 2.75) is 43.8 Å². The summed E-state index contributed by atoms with van der Waals surface area (Å²) < 4.78 is 7.63. The Morgan fingerprint density at radius 2 is 1.90 bits per heavy atom. The zero-order chi connectivity index (χ0) is 21.4. The van der Waals surface area contributed by atoms with Gasteiger partial charge in [-0.15, -0.1) is 0 Å². The quantitative estimate of drug-likeness (QED) is 0.341. The number of amides is 1. The fraction of sp³-hybridized carbons (Fsp3) is 0.292. The van der Waals surface area contributed by atoms with Crippen LogP contribution in [0.15, 0.2) is 62.9 Å². The number of para-hydroxylation sites is 2. The summed E-state index contributed by atoms with van der Waals surface area (Å²) in [7, 11) is 0. The third kappa shape index (κ3) is 3.74. The summed E-state index contributed by atoms with van der Waals surface area (Å²) in [5, 5.41) is 4.35. The Balaban J connectivity index is 1.51. The maximum absolute atomic E-state index is 13.4. The fourth-order valence-electron chi connectivity index (χ4n) is 4.25. The van der Waals surface area contributed by atoms with Gasteiger partial charge in [0.1, 0.15) is 11.1 Å². The standard InChI is InChI=1S/C24H23N3O3S/c1-15-8-2-6-12-18(15)25-20(28)14-31-24-26-21-17-11-5-7-13-19(17)30-22(21)23(29)27(24)16-9-3-4-10-16/h2,5-8,11-13,16H,3-4,9-10,14H2,1H3,(H,25,28). The second-order valence-corrected chi connectivity index (χ2v) is 8.88. The van der Waals surface area contributed by atoms with Crippen LogP contribution in [0.25, 0.3) is 22.1 Å². The smallest absolute Gasteiger partial charge is 0.298 e. The molecular formula is C24H23N3O3S. The summed E-state index contributed by atoms with van der Waals surface area (Å²) in [5.41, 5.74) is 3.16. The molecular weight excluding hydrogens is 410 g/mol. The van der Waals surface area contributed by atoms with Gasteiger partial charge in [-0.1, -0.05) is 54.9 Å².